The first-order chi connectivity index (χ1) is 38.5. The summed E-state index contributed by atoms with van der Waals surface area (Å²) in [6, 6.07) is 51.8. The summed E-state index contributed by atoms with van der Waals surface area (Å²) in [7, 11) is 0. The van der Waals surface area contributed by atoms with Crippen molar-refractivity contribution in [3.63, 3.8) is 0 Å². The molecule has 0 aliphatic heterocycles. The minimum atomic E-state index is -0.282. The first-order valence-electron chi connectivity index (χ1n) is 27.3. The molecule has 0 fully saturated rings. The molecule has 4 aromatic heterocycles. The van der Waals surface area contributed by atoms with Crippen LogP contribution in [-0.2, 0) is 21.7 Å². The van der Waals surface area contributed by atoms with E-state index in [2.05, 4.69) is 166 Å². The standard InChI is InChI=1S/C71H60N10/c1-68(2,3)42-32-41(40-72)61-50(33-42)51-34-43(69(4,5)6)37-54(73-13)62(51)80(61)59-30-22-18-26-48(59)65-76-66(78-67(77-65)79-57-28-20-16-24-46(57)47-25-17-21-29-58(47)79)49-27-19-23-31-60(49)81-63-52(35-44(70(7,8)9)38-55(63)74-14)53-36-45(71(10,11)12)39-56(75-15)64(53)81/h16-39H,1-12H3. The number of fused-ring (bicyclic) bond motifs is 9. The third-order valence-corrected chi connectivity index (χ3v) is 16.0. The van der Waals surface area contributed by atoms with Crippen molar-refractivity contribution in [2.45, 2.75) is 105 Å². The highest BCUT2D eigenvalue weighted by Crippen LogP contribution is 2.49. The van der Waals surface area contributed by atoms with Gasteiger partial charge in [-0.15, -0.1) is 0 Å². The van der Waals surface area contributed by atoms with Gasteiger partial charge < -0.3 is 9.13 Å². The van der Waals surface area contributed by atoms with E-state index >= 15 is 0 Å². The van der Waals surface area contributed by atoms with Gasteiger partial charge in [-0.3, -0.25) is 4.57 Å². The molecule has 0 radical (unpaired) electrons. The average molecular weight is 1050 g/mol. The molecule has 0 atom stereocenters. The Kier molecular flexibility index (Phi) is 11.8. The lowest BCUT2D eigenvalue weighted by Crippen LogP contribution is -2.11. The van der Waals surface area contributed by atoms with Gasteiger partial charge in [0, 0.05) is 27.3 Å². The Morgan fingerprint density at radius 3 is 1.09 bits per heavy atom. The van der Waals surface area contributed by atoms with Gasteiger partial charge in [-0.2, -0.15) is 15.2 Å². The highest BCUT2D eigenvalue weighted by Gasteiger charge is 2.30. The maximum absolute atomic E-state index is 11.2. The Morgan fingerprint density at radius 2 is 0.716 bits per heavy atom. The zero-order valence-corrected chi connectivity index (χ0v) is 47.8. The Morgan fingerprint density at radius 1 is 0.383 bits per heavy atom. The molecule has 81 heavy (non-hydrogen) atoms. The van der Waals surface area contributed by atoms with Gasteiger partial charge in [0.05, 0.1) is 69.8 Å². The summed E-state index contributed by atoms with van der Waals surface area (Å²) in [4.78, 5) is 29.3. The maximum atomic E-state index is 11.2. The summed E-state index contributed by atoms with van der Waals surface area (Å²) < 4.78 is 6.26. The van der Waals surface area contributed by atoms with Gasteiger partial charge in [0.15, 0.2) is 11.6 Å². The van der Waals surface area contributed by atoms with Gasteiger partial charge in [-0.05, 0) is 91.9 Å². The Hall–Kier alpha value is -9.87. The monoisotopic (exact) mass is 1050 g/mol. The third kappa shape index (κ3) is 8.29. The molecule has 0 bridgehead atoms. The molecule has 0 amide bonds. The van der Waals surface area contributed by atoms with E-state index < -0.39 is 0 Å². The van der Waals surface area contributed by atoms with Gasteiger partial charge in [0.25, 0.3) is 0 Å². The number of para-hydroxylation sites is 4. The highest BCUT2D eigenvalue weighted by molar-refractivity contribution is 6.18. The molecule has 0 unspecified atom stereocenters. The van der Waals surface area contributed by atoms with Crippen LogP contribution < -0.4 is 0 Å². The molecule has 10 heteroatoms. The van der Waals surface area contributed by atoms with Crippen molar-refractivity contribution in [3.05, 3.63) is 208 Å². The molecule has 4 heterocycles. The predicted molar refractivity (Wildman–Crippen MR) is 332 cm³/mol. The second kappa shape index (κ2) is 18.4. The van der Waals surface area contributed by atoms with E-state index in [9.17, 15) is 5.26 Å². The SMILES string of the molecule is [C-]#[N+]c1cc(C(C)(C)C)cc2c3cc(C(C)(C)C)cc(C#N)c3n(-c3ccccc3-c3nc(-c4ccccc4-n4c5c([N+]#[C-])cc(C(C)(C)C)cc5c5cc(C(C)(C)C)cc([N+]#[C-])c54)nc(-n4c5ccccc5c5ccccc54)n3)c12. The highest BCUT2D eigenvalue weighted by atomic mass is 15.2. The quantitative estimate of drug-likeness (QED) is 0.161. The van der Waals surface area contributed by atoms with Crippen LogP contribution in [0.4, 0.5) is 17.1 Å². The third-order valence-electron chi connectivity index (χ3n) is 16.0. The number of hydrogen-bond donors (Lipinski definition) is 0. The molecule has 394 valence electrons. The van der Waals surface area contributed by atoms with E-state index in [0.29, 0.717) is 84.8 Å². The van der Waals surface area contributed by atoms with Gasteiger partial charge in [-0.1, -0.05) is 197 Å². The molecular formula is C71H60N10. The fourth-order valence-corrected chi connectivity index (χ4v) is 11.6. The smallest absolute Gasteiger partial charge is 0.238 e. The summed E-state index contributed by atoms with van der Waals surface area (Å²) in [5.41, 5.74) is 12.1. The van der Waals surface area contributed by atoms with Gasteiger partial charge in [-0.25, -0.2) is 19.5 Å². The molecule has 0 N–H and O–H groups in total. The van der Waals surface area contributed by atoms with E-state index in [1.165, 1.54) is 0 Å². The van der Waals surface area contributed by atoms with Crippen LogP contribution in [0.25, 0.3) is 120 Å². The van der Waals surface area contributed by atoms with Crippen LogP contribution in [0.3, 0.4) is 0 Å². The normalized spacial score (nSPS) is 12.4. The van der Waals surface area contributed by atoms with Crippen molar-refractivity contribution >= 4 is 82.5 Å². The van der Waals surface area contributed by atoms with Crippen LogP contribution in [-0.4, -0.2) is 28.7 Å². The fourth-order valence-electron chi connectivity index (χ4n) is 11.6. The number of benzene rings is 8. The van der Waals surface area contributed by atoms with Crippen molar-refractivity contribution in [3.8, 4) is 46.2 Å². The number of nitriles is 1. The molecular weight excluding hydrogens is 993 g/mol. The predicted octanol–water partition coefficient (Wildman–Crippen LogP) is 19.2. The lowest BCUT2D eigenvalue weighted by molar-refractivity contribution is 0.590. The molecule has 0 saturated carbocycles. The lowest BCUT2D eigenvalue weighted by atomic mass is 9.84. The maximum Gasteiger partial charge on any atom is 0.238 e. The molecule has 12 rings (SSSR count). The summed E-state index contributed by atoms with van der Waals surface area (Å²) >= 11 is 0. The number of aromatic nitrogens is 6. The first kappa shape index (κ1) is 51.9. The number of nitrogens with zero attached hydrogens (tertiary/aromatic N) is 10. The van der Waals surface area contributed by atoms with Gasteiger partial charge in [0.1, 0.15) is 6.07 Å². The second-order valence-corrected chi connectivity index (χ2v) is 25.4. The topological polar surface area (TPSA) is 90.3 Å². The zero-order valence-electron chi connectivity index (χ0n) is 47.8. The van der Waals surface area contributed by atoms with E-state index in [1.54, 1.807) is 0 Å². The van der Waals surface area contributed by atoms with E-state index in [4.69, 9.17) is 34.7 Å². The lowest BCUT2D eigenvalue weighted by Gasteiger charge is -2.21. The average Bonchev–Trinajstić information content (AvgIpc) is 2.63. The minimum Gasteiger partial charge on any atom is -0.328 e. The fraction of sp³-hybridized carbons (Fsp3) is 0.225. The minimum absolute atomic E-state index is 0.275. The Labute approximate surface area is 472 Å². The van der Waals surface area contributed by atoms with E-state index in [-0.39, 0.29) is 21.7 Å². The summed E-state index contributed by atoms with van der Waals surface area (Å²) in [6.07, 6.45) is 0. The van der Waals surface area contributed by atoms with Crippen LogP contribution in [0.2, 0.25) is 0 Å². The van der Waals surface area contributed by atoms with E-state index in [0.717, 1.165) is 65.6 Å². The van der Waals surface area contributed by atoms with Gasteiger partial charge >= 0.3 is 0 Å². The van der Waals surface area contributed by atoms with Crippen molar-refractivity contribution in [1.29, 1.82) is 5.26 Å². The Balaban J connectivity index is 1.22. The number of rotatable bonds is 5. The first-order valence-corrected chi connectivity index (χ1v) is 27.3. The largest absolute Gasteiger partial charge is 0.328 e. The van der Waals surface area contributed by atoms with Crippen molar-refractivity contribution in [2.75, 3.05) is 0 Å². The molecule has 0 aliphatic rings. The van der Waals surface area contributed by atoms with Crippen LogP contribution >= 0.6 is 0 Å². The molecule has 10 nitrogen and oxygen atoms in total. The molecule has 0 spiro atoms. The molecule has 8 aromatic carbocycles. The van der Waals surface area contributed by atoms with Crippen molar-refractivity contribution in [1.82, 2.24) is 28.7 Å². The Bertz CT molecular complexity index is 4370. The van der Waals surface area contributed by atoms with Crippen molar-refractivity contribution in [2.24, 2.45) is 0 Å². The summed E-state index contributed by atoms with van der Waals surface area (Å²) in [5, 5.41) is 16.8. The van der Waals surface area contributed by atoms with Crippen LogP contribution in [0.1, 0.15) is 111 Å². The van der Waals surface area contributed by atoms with Crippen LogP contribution in [0, 0.1) is 31.0 Å². The van der Waals surface area contributed by atoms with E-state index in [1.807, 2.05) is 97.1 Å². The van der Waals surface area contributed by atoms with Crippen LogP contribution in [0.5, 0.6) is 0 Å². The number of hydrogen-bond acceptors (Lipinski definition) is 4. The molecule has 0 saturated heterocycles. The van der Waals surface area contributed by atoms with Gasteiger partial charge in [0.2, 0.25) is 23.0 Å². The second-order valence-electron chi connectivity index (χ2n) is 25.4. The van der Waals surface area contributed by atoms with Crippen molar-refractivity contribution < 1.29 is 0 Å². The summed E-state index contributed by atoms with van der Waals surface area (Å²) in [5.74, 6) is 1.09. The zero-order chi connectivity index (χ0) is 57.2. The molecule has 0 aliphatic carbocycles. The molecule has 12 aromatic rings. The summed E-state index contributed by atoms with van der Waals surface area (Å²) in [6.45, 7) is 52.2. The van der Waals surface area contributed by atoms with Crippen LogP contribution in [0.15, 0.2) is 146 Å².